The van der Waals surface area contributed by atoms with E-state index in [9.17, 15) is 14.7 Å². The van der Waals surface area contributed by atoms with Gasteiger partial charge >= 0.3 is 5.69 Å². The number of aromatic nitrogens is 4. The zero-order valence-electron chi connectivity index (χ0n) is 15.9. The molecule has 2 heterocycles. The summed E-state index contributed by atoms with van der Waals surface area (Å²) in [4.78, 5) is 30.9. The van der Waals surface area contributed by atoms with Gasteiger partial charge in [-0.1, -0.05) is 18.2 Å². The highest BCUT2D eigenvalue weighted by molar-refractivity contribution is 5.74. The van der Waals surface area contributed by atoms with Gasteiger partial charge in [0.2, 0.25) is 5.95 Å². The molecule has 150 valence electrons. The van der Waals surface area contributed by atoms with Crippen LogP contribution in [0.1, 0.15) is 5.56 Å². The zero-order chi connectivity index (χ0) is 20.3. The van der Waals surface area contributed by atoms with Gasteiger partial charge in [-0.05, 0) is 18.6 Å². The highest BCUT2D eigenvalue weighted by Gasteiger charge is 2.20. The van der Waals surface area contributed by atoms with Crippen molar-refractivity contribution in [1.29, 1.82) is 0 Å². The molecular formula is C18H25N6O4+. The fourth-order valence-corrected chi connectivity index (χ4v) is 2.92. The summed E-state index contributed by atoms with van der Waals surface area (Å²) in [6.45, 7) is 3.18. The van der Waals surface area contributed by atoms with E-state index in [0.29, 0.717) is 24.8 Å². The van der Waals surface area contributed by atoms with Crippen LogP contribution in [0.4, 0.5) is 5.95 Å². The van der Waals surface area contributed by atoms with Gasteiger partial charge in [0.25, 0.3) is 5.56 Å². The molecule has 3 rings (SSSR count). The largest absolute Gasteiger partial charge is 0.491 e. The van der Waals surface area contributed by atoms with Crippen LogP contribution in [0.3, 0.4) is 0 Å². The minimum atomic E-state index is -0.894. The van der Waals surface area contributed by atoms with Crippen molar-refractivity contribution in [1.82, 2.24) is 19.1 Å². The maximum atomic E-state index is 12.4. The van der Waals surface area contributed by atoms with E-state index in [1.165, 1.54) is 11.6 Å². The SMILES string of the molecule is Cc1ccccc1OC[C@H](O)Cn1c(NCC[NH3+])nc2c1c(=O)[nH]c(=O)n2C. The molecule has 3 aromatic rings. The molecule has 0 unspecified atom stereocenters. The van der Waals surface area contributed by atoms with Gasteiger partial charge in [0, 0.05) is 7.05 Å². The molecular weight excluding hydrogens is 364 g/mol. The Labute approximate surface area is 160 Å². The number of hydrogen-bond acceptors (Lipinski definition) is 6. The van der Waals surface area contributed by atoms with Gasteiger partial charge in [0.1, 0.15) is 18.5 Å². The van der Waals surface area contributed by atoms with Gasteiger partial charge in [0.15, 0.2) is 11.2 Å². The van der Waals surface area contributed by atoms with Gasteiger partial charge in [0.05, 0.1) is 19.6 Å². The lowest BCUT2D eigenvalue weighted by molar-refractivity contribution is -0.362. The van der Waals surface area contributed by atoms with Crippen molar-refractivity contribution in [3.63, 3.8) is 0 Å². The number of nitrogens with one attached hydrogen (secondary N) is 2. The van der Waals surface area contributed by atoms with E-state index in [0.717, 1.165) is 5.56 Å². The average Bonchev–Trinajstić information content (AvgIpc) is 3.02. The number of para-hydroxylation sites is 1. The second-order valence-corrected chi connectivity index (χ2v) is 6.55. The van der Waals surface area contributed by atoms with Crippen molar-refractivity contribution < 1.29 is 15.6 Å². The Morgan fingerprint density at radius 1 is 1.36 bits per heavy atom. The Kier molecular flexibility index (Phi) is 5.81. The van der Waals surface area contributed by atoms with Crippen molar-refractivity contribution in [3.05, 3.63) is 50.7 Å². The fourth-order valence-electron chi connectivity index (χ4n) is 2.92. The molecule has 0 saturated carbocycles. The Balaban J connectivity index is 1.90. The molecule has 0 saturated heterocycles. The number of aliphatic hydroxyl groups is 1. The molecule has 1 atom stereocenters. The van der Waals surface area contributed by atoms with Crippen molar-refractivity contribution >= 4 is 17.1 Å². The lowest BCUT2D eigenvalue weighted by Gasteiger charge is -2.16. The Morgan fingerprint density at radius 2 is 2.11 bits per heavy atom. The number of aromatic amines is 1. The highest BCUT2D eigenvalue weighted by atomic mass is 16.5. The van der Waals surface area contributed by atoms with Crippen molar-refractivity contribution in [2.45, 2.75) is 19.6 Å². The summed E-state index contributed by atoms with van der Waals surface area (Å²) in [5.74, 6) is 1.08. The van der Waals surface area contributed by atoms with Crippen LogP contribution in [-0.4, -0.2) is 50.0 Å². The summed E-state index contributed by atoms with van der Waals surface area (Å²) >= 11 is 0. The van der Waals surface area contributed by atoms with E-state index < -0.39 is 17.4 Å². The molecule has 0 aliphatic heterocycles. The first kappa shape index (κ1) is 19.6. The number of anilines is 1. The standard InChI is InChI=1S/C18H24N6O4/c1-11-5-3-4-6-13(11)28-10-12(25)9-24-14-15(21-17(24)20-8-7-19)23(2)18(27)22-16(14)26/h3-6,12,25H,7-10,19H2,1-2H3,(H,20,21)(H,22,26,27)/p+1/t12-/m1/s1. The topological polar surface area (TPSA) is 142 Å². The van der Waals surface area contributed by atoms with Crippen LogP contribution in [0.2, 0.25) is 0 Å². The summed E-state index contributed by atoms with van der Waals surface area (Å²) in [7, 11) is 1.53. The molecule has 28 heavy (non-hydrogen) atoms. The summed E-state index contributed by atoms with van der Waals surface area (Å²) < 4.78 is 8.53. The van der Waals surface area contributed by atoms with Gasteiger partial charge in [-0.3, -0.25) is 14.3 Å². The first-order valence-corrected chi connectivity index (χ1v) is 9.01. The van der Waals surface area contributed by atoms with Crippen molar-refractivity contribution in [2.24, 2.45) is 7.05 Å². The van der Waals surface area contributed by atoms with Gasteiger partial charge in [-0.25, -0.2) is 4.79 Å². The minimum Gasteiger partial charge on any atom is -0.491 e. The van der Waals surface area contributed by atoms with E-state index in [-0.39, 0.29) is 24.3 Å². The van der Waals surface area contributed by atoms with E-state index in [2.05, 4.69) is 21.0 Å². The molecule has 2 aromatic heterocycles. The zero-order valence-corrected chi connectivity index (χ0v) is 15.9. The van der Waals surface area contributed by atoms with Gasteiger partial charge in [-0.15, -0.1) is 0 Å². The van der Waals surface area contributed by atoms with E-state index in [1.54, 1.807) is 4.57 Å². The fraction of sp³-hybridized carbons (Fsp3) is 0.389. The van der Waals surface area contributed by atoms with E-state index in [4.69, 9.17) is 4.74 Å². The molecule has 10 heteroatoms. The normalized spacial score (nSPS) is 12.3. The maximum absolute atomic E-state index is 12.4. The summed E-state index contributed by atoms with van der Waals surface area (Å²) in [6, 6.07) is 7.52. The number of ether oxygens (including phenoxy) is 1. The number of hydrogen-bond donors (Lipinski definition) is 4. The predicted molar refractivity (Wildman–Crippen MR) is 105 cm³/mol. The maximum Gasteiger partial charge on any atom is 0.329 e. The molecule has 0 amide bonds. The van der Waals surface area contributed by atoms with Crippen LogP contribution in [0.25, 0.3) is 11.2 Å². The quantitative estimate of drug-likeness (QED) is 0.382. The number of imidazole rings is 1. The van der Waals surface area contributed by atoms with E-state index in [1.807, 2.05) is 31.2 Å². The minimum absolute atomic E-state index is 0.0446. The molecule has 6 N–H and O–H groups in total. The molecule has 0 radical (unpaired) electrons. The number of quaternary nitrogens is 1. The number of benzene rings is 1. The van der Waals surface area contributed by atoms with Crippen LogP contribution in [-0.2, 0) is 13.6 Å². The third-order valence-corrected chi connectivity index (χ3v) is 4.39. The lowest BCUT2D eigenvalue weighted by Crippen LogP contribution is -2.53. The second-order valence-electron chi connectivity index (χ2n) is 6.55. The molecule has 1 aromatic carbocycles. The Morgan fingerprint density at radius 3 is 2.82 bits per heavy atom. The van der Waals surface area contributed by atoms with Gasteiger partial charge < -0.3 is 25.5 Å². The lowest BCUT2D eigenvalue weighted by atomic mass is 10.2. The molecule has 0 aliphatic carbocycles. The number of aliphatic hydroxyl groups excluding tert-OH is 1. The van der Waals surface area contributed by atoms with Crippen LogP contribution >= 0.6 is 0 Å². The monoisotopic (exact) mass is 389 g/mol. The number of rotatable bonds is 8. The molecule has 10 nitrogen and oxygen atoms in total. The smallest absolute Gasteiger partial charge is 0.329 e. The number of aryl methyl sites for hydroxylation is 2. The predicted octanol–water partition coefficient (Wildman–Crippen LogP) is -1.17. The highest BCUT2D eigenvalue weighted by Crippen LogP contribution is 2.18. The van der Waals surface area contributed by atoms with E-state index >= 15 is 0 Å². The van der Waals surface area contributed by atoms with Crippen LogP contribution < -0.4 is 27.0 Å². The third kappa shape index (κ3) is 3.92. The van der Waals surface area contributed by atoms with Crippen LogP contribution in [0, 0.1) is 6.92 Å². The number of nitrogens with zero attached hydrogens (tertiary/aromatic N) is 3. The van der Waals surface area contributed by atoms with Crippen molar-refractivity contribution in [3.8, 4) is 5.75 Å². The average molecular weight is 389 g/mol. The first-order valence-electron chi connectivity index (χ1n) is 9.01. The second kappa shape index (κ2) is 8.28. The summed E-state index contributed by atoms with van der Waals surface area (Å²) in [5, 5.41) is 13.6. The van der Waals surface area contributed by atoms with Crippen LogP contribution in [0.5, 0.6) is 5.75 Å². The number of H-pyrrole nitrogens is 1. The van der Waals surface area contributed by atoms with Gasteiger partial charge in [-0.2, -0.15) is 4.98 Å². The molecule has 0 spiro atoms. The molecule has 0 fully saturated rings. The first-order chi connectivity index (χ1) is 13.4. The summed E-state index contributed by atoms with van der Waals surface area (Å²) in [6.07, 6.45) is -0.894. The van der Waals surface area contributed by atoms with Crippen LogP contribution in [0.15, 0.2) is 33.9 Å². The number of fused-ring (bicyclic) bond motifs is 1. The summed E-state index contributed by atoms with van der Waals surface area (Å²) in [5.41, 5.74) is 4.09. The molecule has 0 bridgehead atoms. The Bertz CT molecular complexity index is 1080. The molecule has 0 aliphatic rings. The third-order valence-electron chi connectivity index (χ3n) is 4.39. The van der Waals surface area contributed by atoms with Crippen molar-refractivity contribution in [2.75, 3.05) is 25.0 Å². The Hall–Kier alpha value is -3.11.